The summed E-state index contributed by atoms with van der Waals surface area (Å²) in [4.78, 5) is 13.2. The number of ether oxygens (including phenoxy) is 1. The molecule has 2 aromatic heterocycles. The Bertz CT molecular complexity index is 946. The molecule has 0 radical (unpaired) electrons. The van der Waals surface area contributed by atoms with Gasteiger partial charge in [-0.15, -0.1) is 0 Å². The summed E-state index contributed by atoms with van der Waals surface area (Å²) in [5, 5.41) is 13.1. The smallest absolute Gasteiger partial charge is 0.231 e. The first kappa shape index (κ1) is 20.1. The van der Waals surface area contributed by atoms with Crippen molar-refractivity contribution in [2.45, 2.75) is 44.1 Å². The standard InChI is InChI=1S/C18H24N6O4S/c25-9-14(12-4-2-1-3-5-12)23-17-16-18(20-10-19-17)24(11-21-16)15-7-6-13(28-15)8-22-29(26)27/h1-2,4,10-11,13-15,22,25H,3,5-9H2,(H,26,27)(H,19,20,23). The van der Waals surface area contributed by atoms with Gasteiger partial charge in [0.25, 0.3) is 0 Å². The zero-order valence-electron chi connectivity index (χ0n) is 15.8. The molecule has 10 nitrogen and oxygen atoms in total. The highest BCUT2D eigenvalue weighted by Gasteiger charge is 2.28. The van der Waals surface area contributed by atoms with E-state index in [2.05, 4.69) is 31.1 Å². The predicted octanol–water partition coefficient (Wildman–Crippen LogP) is 1.28. The summed E-state index contributed by atoms with van der Waals surface area (Å²) >= 11 is -2.05. The van der Waals surface area contributed by atoms with Crippen LogP contribution in [0.5, 0.6) is 0 Å². The Labute approximate surface area is 170 Å². The largest absolute Gasteiger partial charge is 0.394 e. The summed E-state index contributed by atoms with van der Waals surface area (Å²) in [7, 11) is 0. The Morgan fingerprint density at radius 2 is 2.24 bits per heavy atom. The minimum atomic E-state index is -2.05. The minimum Gasteiger partial charge on any atom is -0.394 e. The van der Waals surface area contributed by atoms with E-state index < -0.39 is 11.3 Å². The number of fused-ring (bicyclic) bond motifs is 1. The van der Waals surface area contributed by atoms with Gasteiger partial charge in [-0.3, -0.25) is 9.12 Å². The van der Waals surface area contributed by atoms with E-state index in [4.69, 9.17) is 9.29 Å². The van der Waals surface area contributed by atoms with E-state index in [9.17, 15) is 9.32 Å². The third-order valence-electron chi connectivity index (χ3n) is 5.18. The average molecular weight is 420 g/mol. The second-order valence-corrected chi connectivity index (χ2v) is 7.81. The summed E-state index contributed by atoms with van der Waals surface area (Å²) < 4.78 is 29.9. The van der Waals surface area contributed by atoms with Crippen LogP contribution in [0.3, 0.4) is 0 Å². The van der Waals surface area contributed by atoms with Crippen LogP contribution in [0.4, 0.5) is 5.82 Å². The summed E-state index contributed by atoms with van der Waals surface area (Å²) in [6.45, 7) is 0.258. The highest BCUT2D eigenvalue weighted by molar-refractivity contribution is 7.77. The van der Waals surface area contributed by atoms with Crippen LogP contribution in [0, 0.1) is 0 Å². The molecule has 4 atom stereocenters. The molecule has 29 heavy (non-hydrogen) atoms. The van der Waals surface area contributed by atoms with Crippen molar-refractivity contribution >= 4 is 28.2 Å². The quantitative estimate of drug-likeness (QED) is 0.469. The van der Waals surface area contributed by atoms with Crippen LogP contribution >= 0.6 is 0 Å². The molecule has 0 spiro atoms. The number of anilines is 1. The molecule has 11 heteroatoms. The van der Waals surface area contributed by atoms with Crippen LogP contribution in [0.1, 0.15) is 31.9 Å². The number of nitrogens with one attached hydrogen (secondary N) is 2. The van der Waals surface area contributed by atoms with Crippen LogP contribution in [-0.4, -0.2) is 58.7 Å². The van der Waals surface area contributed by atoms with Gasteiger partial charge < -0.3 is 15.2 Å². The normalized spacial score (nSPS) is 23.9. The molecule has 1 aliphatic carbocycles. The van der Waals surface area contributed by atoms with Gasteiger partial charge >= 0.3 is 0 Å². The second-order valence-electron chi connectivity index (χ2n) is 7.02. The number of imidazole rings is 1. The lowest BCUT2D eigenvalue weighted by Crippen LogP contribution is -2.28. The SMILES string of the molecule is O=S(O)NCC1CCC(n2cnc3c(NC(CO)C4=CC=CCC4)ncnc32)O1. The van der Waals surface area contributed by atoms with Gasteiger partial charge in [0.15, 0.2) is 17.0 Å². The first-order chi connectivity index (χ1) is 14.2. The lowest BCUT2D eigenvalue weighted by molar-refractivity contribution is 0.00708. The van der Waals surface area contributed by atoms with Gasteiger partial charge in [-0.1, -0.05) is 18.2 Å². The molecule has 0 amide bonds. The molecule has 156 valence electrons. The van der Waals surface area contributed by atoms with E-state index in [0.29, 0.717) is 23.5 Å². The maximum atomic E-state index is 10.8. The van der Waals surface area contributed by atoms with Gasteiger partial charge in [0.05, 0.1) is 25.1 Å². The molecule has 2 aliphatic rings. The number of rotatable bonds is 8. The lowest BCUT2D eigenvalue weighted by atomic mass is 9.98. The molecule has 0 aromatic carbocycles. The van der Waals surface area contributed by atoms with E-state index in [1.165, 1.54) is 6.33 Å². The number of aliphatic hydroxyl groups is 1. The molecular formula is C18H24N6O4S. The first-order valence-electron chi connectivity index (χ1n) is 9.56. The maximum Gasteiger partial charge on any atom is 0.231 e. The van der Waals surface area contributed by atoms with E-state index in [0.717, 1.165) is 31.3 Å². The van der Waals surface area contributed by atoms with Crippen molar-refractivity contribution in [3.63, 3.8) is 0 Å². The molecule has 1 saturated heterocycles. The van der Waals surface area contributed by atoms with Crippen LogP contribution in [0.25, 0.3) is 11.2 Å². The molecule has 4 rings (SSSR count). The van der Waals surface area contributed by atoms with Gasteiger partial charge in [-0.05, 0) is 31.3 Å². The molecule has 4 N–H and O–H groups in total. The van der Waals surface area contributed by atoms with Crippen molar-refractivity contribution in [2.75, 3.05) is 18.5 Å². The molecule has 1 aliphatic heterocycles. The maximum absolute atomic E-state index is 10.8. The average Bonchev–Trinajstić information content (AvgIpc) is 3.38. The van der Waals surface area contributed by atoms with Gasteiger partial charge in [0, 0.05) is 6.54 Å². The zero-order chi connectivity index (χ0) is 20.2. The zero-order valence-corrected chi connectivity index (χ0v) is 16.6. The molecule has 3 heterocycles. The number of nitrogens with zero attached hydrogens (tertiary/aromatic N) is 4. The topological polar surface area (TPSA) is 134 Å². The summed E-state index contributed by atoms with van der Waals surface area (Å²) in [6.07, 6.45) is 12.2. The molecular weight excluding hydrogens is 396 g/mol. The number of hydrogen-bond donors (Lipinski definition) is 4. The Balaban J connectivity index is 1.52. The minimum absolute atomic E-state index is 0.0431. The van der Waals surface area contributed by atoms with Crippen LogP contribution in [-0.2, 0) is 16.0 Å². The predicted molar refractivity (Wildman–Crippen MR) is 108 cm³/mol. The third-order valence-corrected chi connectivity index (χ3v) is 5.59. The Hall–Kier alpha value is -2.18. The van der Waals surface area contributed by atoms with Gasteiger partial charge in [0.2, 0.25) is 11.3 Å². The summed E-state index contributed by atoms with van der Waals surface area (Å²) in [5.74, 6) is 0.565. The first-order valence-corrected chi connectivity index (χ1v) is 10.7. The highest BCUT2D eigenvalue weighted by Crippen LogP contribution is 2.31. The lowest BCUT2D eigenvalue weighted by Gasteiger charge is -2.21. The number of aliphatic hydroxyl groups excluding tert-OH is 1. The monoisotopic (exact) mass is 420 g/mol. The molecule has 4 unspecified atom stereocenters. The van der Waals surface area contributed by atoms with Gasteiger partial charge in [-0.2, -0.15) is 0 Å². The number of aromatic nitrogens is 4. The van der Waals surface area contributed by atoms with Gasteiger partial charge in [-0.25, -0.2) is 23.9 Å². The number of allylic oxidation sites excluding steroid dienone is 3. The fraction of sp³-hybridized carbons (Fsp3) is 0.500. The van der Waals surface area contributed by atoms with Crippen LogP contribution < -0.4 is 10.0 Å². The Morgan fingerprint density at radius 3 is 3.00 bits per heavy atom. The Morgan fingerprint density at radius 1 is 1.34 bits per heavy atom. The van der Waals surface area contributed by atoms with Crippen LogP contribution in [0.15, 0.2) is 36.5 Å². The summed E-state index contributed by atoms with van der Waals surface area (Å²) in [6, 6.07) is -0.235. The van der Waals surface area contributed by atoms with Crippen molar-refractivity contribution in [1.82, 2.24) is 24.2 Å². The molecule has 2 aromatic rings. The fourth-order valence-corrected chi connectivity index (χ4v) is 4.03. The summed E-state index contributed by atoms with van der Waals surface area (Å²) in [5.41, 5.74) is 2.37. The third kappa shape index (κ3) is 4.54. The highest BCUT2D eigenvalue weighted by atomic mass is 32.2. The van der Waals surface area contributed by atoms with Crippen molar-refractivity contribution in [2.24, 2.45) is 0 Å². The Kier molecular flexibility index (Phi) is 6.31. The molecule has 1 fully saturated rings. The van der Waals surface area contributed by atoms with E-state index in [-0.39, 0.29) is 25.0 Å². The van der Waals surface area contributed by atoms with Crippen LogP contribution in [0.2, 0.25) is 0 Å². The van der Waals surface area contributed by atoms with E-state index in [1.54, 1.807) is 6.33 Å². The van der Waals surface area contributed by atoms with E-state index >= 15 is 0 Å². The van der Waals surface area contributed by atoms with Crippen molar-refractivity contribution in [1.29, 1.82) is 0 Å². The molecule has 0 bridgehead atoms. The van der Waals surface area contributed by atoms with E-state index in [1.807, 2.05) is 16.7 Å². The van der Waals surface area contributed by atoms with Crippen molar-refractivity contribution in [3.8, 4) is 0 Å². The van der Waals surface area contributed by atoms with Crippen molar-refractivity contribution < 1.29 is 18.6 Å². The second kappa shape index (κ2) is 9.09. The number of hydrogen-bond acceptors (Lipinski definition) is 7. The van der Waals surface area contributed by atoms with Gasteiger partial charge in [0.1, 0.15) is 12.6 Å². The molecule has 0 saturated carbocycles. The van der Waals surface area contributed by atoms with Crippen molar-refractivity contribution in [3.05, 3.63) is 36.5 Å². The fourth-order valence-electron chi connectivity index (χ4n) is 3.71.